The zero-order valence-corrected chi connectivity index (χ0v) is 14.8. The number of carbonyl (C=O) groups excluding carboxylic acids is 2. The van der Waals surface area contributed by atoms with E-state index in [1.165, 1.54) is 29.8 Å². The summed E-state index contributed by atoms with van der Waals surface area (Å²) in [6, 6.07) is 15.7. The summed E-state index contributed by atoms with van der Waals surface area (Å²) in [6.45, 7) is 1.12. The van der Waals surface area contributed by atoms with Crippen LogP contribution in [0.3, 0.4) is 0 Å². The molecule has 2 aromatic rings. The molecule has 0 saturated carbocycles. The molecule has 0 unspecified atom stereocenters. The molecule has 0 spiro atoms. The summed E-state index contributed by atoms with van der Waals surface area (Å²) >= 11 is 0. The minimum atomic E-state index is -0.717. The van der Waals surface area contributed by atoms with E-state index < -0.39 is 16.7 Å². The molecule has 1 fully saturated rings. The van der Waals surface area contributed by atoms with Crippen molar-refractivity contribution >= 4 is 23.2 Å². The molecule has 0 aromatic heterocycles. The van der Waals surface area contributed by atoms with Gasteiger partial charge < -0.3 is 10.2 Å². The van der Waals surface area contributed by atoms with Gasteiger partial charge in [0.15, 0.2) is 0 Å². The number of non-ortho nitro benzene ring substituents is 1. The first-order valence-corrected chi connectivity index (χ1v) is 8.91. The minimum absolute atomic E-state index is 0.0696. The lowest BCUT2D eigenvalue weighted by Crippen LogP contribution is -2.44. The Hall–Kier alpha value is -3.22. The fourth-order valence-corrected chi connectivity index (χ4v) is 3.28. The lowest BCUT2D eigenvalue weighted by atomic mass is 9.90. The van der Waals surface area contributed by atoms with Crippen molar-refractivity contribution in [2.45, 2.75) is 19.3 Å². The summed E-state index contributed by atoms with van der Waals surface area (Å²) in [5.74, 6) is -0.772. The number of carbonyl (C=O) groups is 2. The van der Waals surface area contributed by atoms with Gasteiger partial charge >= 0.3 is 11.8 Å². The van der Waals surface area contributed by atoms with E-state index in [0.717, 1.165) is 19.3 Å². The van der Waals surface area contributed by atoms with Crippen molar-refractivity contribution in [3.8, 4) is 0 Å². The van der Waals surface area contributed by atoms with Gasteiger partial charge in [-0.1, -0.05) is 30.3 Å². The fraction of sp³-hybridized carbons (Fsp3) is 0.300. The minimum Gasteiger partial charge on any atom is -0.334 e. The summed E-state index contributed by atoms with van der Waals surface area (Å²) in [5.41, 5.74) is 1.58. The molecule has 1 saturated heterocycles. The van der Waals surface area contributed by atoms with Gasteiger partial charge in [-0.15, -0.1) is 0 Å². The highest BCUT2D eigenvalue weighted by Gasteiger charge is 2.27. The van der Waals surface area contributed by atoms with Crippen LogP contribution in [0.1, 0.15) is 18.4 Å². The molecule has 2 amide bonds. The van der Waals surface area contributed by atoms with Crippen LogP contribution in [0.15, 0.2) is 54.6 Å². The number of anilines is 1. The van der Waals surface area contributed by atoms with Crippen molar-refractivity contribution in [3.63, 3.8) is 0 Å². The Morgan fingerprint density at radius 3 is 2.26 bits per heavy atom. The second-order valence-electron chi connectivity index (χ2n) is 6.68. The molecular formula is C20H21N3O4. The second kappa shape index (κ2) is 8.44. The molecule has 0 aliphatic carbocycles. The molecule has 7 heteroatoms. The van der Waals surface area contributed by atoms with Gasteiger partial charge in [-0.05, 0) is 42.9 Å². The molecule has 1 N–H and O–H groups in total. The standard InChI is InChI=1S/C20H21N3O4/c24-19(21-17-6-8-18(9-7-17)23(26)27)20(25)22-12-10-16(11-13-22)14-15-4-2-1-3-5-15/h1-9,16H,10-14H2,(H,21,24). The maximum atomic E-state index is 12.3. The van der Waals surface area contributed by atoms with Crippen LogP contribution in [0.5, 0.6) is 0 Å². The van der Waals surface area contributed by atoms with E-state index in [1.54, 1.807) is 4.90 Å². The molecule has 1 heterocycles. The Bertz CT molecular complexity index is 813. The number of nitro groups is 1. The van der Waals surface area contributed by atoms with Gasteiger partial charge in [0, 0.05) is 30.9 Å². The third kappa shape index (κ3) is 4.91. The predicted molar refractivity (Wildman–Crippen MR) is 101 cm³/mol. The normalized spacial score (nSPS) is 14.6. The SMILES string of the molecule is O=C(Nc1ccc([N+](=O)[O-])cc1)C(=O)N1CCC(Cc2ccccc2)CC1. The predicted octanol–water partition coefficient (Wildman–Crippen LogP) is 3.01. The number of rotatable bonds is 4. The third-order valence-corrected chi connectivity index (χ3v) is 4.80. The van der Waals surface area contributed by atoms with E-state index in [4.69, 9.17) is 0 Å². The Balaban J connectivity index is 1.49. The lowest BCUT2D eigenvalue weighted by Gasteiger charge is -2.31. The first-order chi connectivity index (χ1) is 13.0. The molecule has 27 heavy (non-hydrogen) atoms. The first kappa shape index (κ1) is 18.6. The lowest BCUT2D eigenvalue weighted by molar-refractivity contribution is -0.384. The van der Waals surface area contributed by atoms with E-state index >= 15 is 0 Å². The van der Waals surface area contributed by atoms with Crippen LogP contribution in [0.2, 0.25) is 0 Å². The van der Waals surface area contributed by atoms with E-state index in [9.17, 15) is 19.7 Å². The van der Waals surface area contributed by atoms with Crippen molar-refractivity contribution in [2.75, 3.05) is 18.4 Å². The number of nitro benzene ring substituents is 1. The first-order valence-electron chi connectivity index (χ1n) is 8.91. The molecule has 1 aliphatic heterocycles. The summed E-state index contributed by atoms with van der Waals surface area (Å²) in [5, 5.41) is 13.2. The summed E-state index contributed by atoms with van der Waals surface area (Å²) in [4.78, 5) is 36.2. The number of likely N-dealkylation sites (tertiary alicyclic amines) is 1. The van der Waals surface area contributed by atoms with Gasteiger partial charge in [0.2, 0.25) is 0 Å². The summed E-state index contributed by atoms with van der Waals surface area (Å²) in [7, 11) is 0. The maximum absolute atomic E-state index is 12.3. The van der Waals surface area contributed by atoms with E-state index in [0.29, 0.717) is 24.7 Å². The zero-order valence-electron chi connectivity index (χ0n) is 14.8. The number of amides is 2. The van der Waals surface area contributed by atoms with Gasteiger partial charge in [-0.2, -0.15) is 0 Å². The highest BCUT2D eigenvalue weighted by atomic mass is 16.6. The van der Waals surface area contributed by atoms with Gasteiger partial charge in [0.05, 0.1) is 4.92 Å². The maximum Gasteiger partial charge on any atom is 0.313 e. The van der Waals surface area contributed by atoms with Crippen molar-refractivity contribution in [3.05, 3.63) is 70.3 Å². The number of nitrogens with zero attached hydrogens (tertiary/aromatic N) is 2. The molecule has 0 bridgehead atoms. The number of hydrogen-bond acceptors (Lipinski definition) is 4. The van der Waals surface area contributed by atoms with Gasteiger partial charge in [-0.3, -0.25) is 19.7 Å². The van der Waals surface area contributed by atoms with E-state index in [2.05, 4.69) is 17.4 Å². The van der Waals surface area contributed by atoms with Crippen LogP contribution in [0.4, 0.5) is 11.4 Å². The molecule has 7 nitrogen and oxygen atoms in total. The highest BCUT2D eigenvalue weighted by Crippen LogP contribution is 2.22. The largest absolute Gasteiger partial charge is 0.334 e. The molecule has 140 valence electrons. The fourth-order valence-electron chi connectivity index (χ4n) is 3.28. The average molecular weight is 367 g/mol. The molecule has 2 aromatic carbocycles. The number of hydrogen-bond donors (Lipinski definition) is 1. The van der Waals surface area contributed by atoms with Crippen LogP contribution in [-0.4, -0.2) is 34.7 Å². The zero-order chi connectivity index (χ0) is 19.2. The molecule has 0 atom stereocenters. The topological polar surface area (TPSA) is 92.5 Å². The van der Waals surface area contributed by atoms with E-state index in [1.807, 2.05) is 18.2 Å². The van der Waals surface area contributed by atoms with Crippen LogP contribution in [-0.2, 0) is 16.0 Å². The monoisotopic (exact) mass is 367 g/mol. The van der Waals surface area contributed by atoms with Crippen LogP contribution < -0.4 is 5.32 Å². The smallest absolute Gasteiger partial charge is 0.313 e. The second-order valence-corrected chi connectivity index (χ2v) is 6.68. The van der Waals surface area contributed by atoms with Crippen molar-refractivity contribution < 1.29 is 14.5 Å². The Morgan fingerprint density at radius 1 is 1.04 bits per heavy atom. The van der Waals surface area contributed by atoms with Gasteiger partial charge in [-0.25, -0.2) is 0 Å². The Kier molecular flexibility index (Phi) is 5.80. The Labute approximate surface area is 157 Å². The molecule has 1 aliphatic rings. The van der Waals surface area contributed by atoms with E-state index in [-0.39, 0.29) is 5.69 Å². The van der Waals surface area contributed by atoms with Crippen LogP contribution in [0.25, 0.3) is 0 Å². The number of benzene rings is 2. The van der Waals surface area contributed by atoms with Gasteiger partial charge in [0.1, 0.15) is 0 Å². The molecular weight excluding hydrogens is 346 g/mol. The average Bonchev–Trinajstić information content (AvgIpc) is 2.69. The Morgan fingerprint density at radius 2 is 1.67 bits per heavy atom. The number of piperidine rings is 1. The van der Waals surface area contributed by atoms with Crippen LogP contribution in [0, 0.1) is 16.0 Å². The number of nitrogens with one attached hydrogen (secondary N) is 1. The van der Waals surface area contributed by atoms with Crippen LogP contribution >= 0.6 is 0 Å². The van der Waals surface area contributed by atoms with Crippen molar-refractivity contribution in [1.82, 2.24) is 4.90 Å². The van der Waals surface area contributed by atoms with Gasteiger partial charge in [0.25, 0.3) is 5.69 Å². The summed E-state index contributed by atoms with van der Waals surface area (Å²) < 4.78 is 0. The summed E-state index contributed by atoms with van der Waals surface area (Å²) in [6.07, 6.45) is 2.72. The quantitative estimate of drug-likeness (QED) is 0.511. The molecule has 3 rings (SSSR count). The van der Waals surface area contributed by atoms with Crippen molar-refractivity contribution in [1.29, 1.82) is 0 Å². The molecule has 0 radical (unpaired) electrons. The highest BCUT2D eigenvalue weighted by molar-refractivity contribution is 6.39. The third-order valence-electron chi connectivity index (χ3n) is 4.80. The van der Waals surface area contributed by atoms with Crippen molar-refractivity contribution in [2.24, 2.45) is 5.92 Å².